The Labute approximate surface area is 191 Å². The maximum atomic E-state index is 13.7. The van der Waals surface area contributed by atoms with Crippen LogP contribution in [-0.2, 0) is 5.75 Å². The van der Waals surface area contributed by atoms with Crippen molar-refractivity contribution in [3.05, 3.63) is 112 Å². The van der Waals surface area contributed by atoms with E-state index in [1.807, 2.05) is 42.5 Å². The topological polar surface area (TPSA) is 34.9 Å². The van der Waals surface area contributed by atoms with Gasteiger partial charge in [-0.2, -0.15) is 0 Å². The summed E-state index contributed by atoms with van der Waals surface area (Å²) in [6.07, 6.45) is 0. The van der Waals surface area contributed by atoms with Crippen LogP contribution in [0.1, 0.15) is 30.9 Å². The summed E-state index contributed by atoms with van der Waals surface area (Å²) in [4.78, 5) is 18.6. The van der Waals surface area contributed by atoms with Crippen LogP contribution < -0.4 is 5.56 Å². The van der Waals surface area contributed by atoms with Gasteiger partial charge in [-0.05, 0) is 46.0 Å². The van der Waals surface area contributed by atoms with Crippen molar-refractivity contribution in [1.29, 1.82) is 0 Å². The quantitative estimate of drug-likeness (QED) is 0.221. The second-order valence-corrected chi connectivity index (χ2v) is 9.14. The van der Waals surface area contributed by atoms with Crippen LogP contribution in [-0.4, -0.2) is 9.55 Å². The van der Waals surface area contributed by atoms with Crippen molar-refractivity contribution in [2.24, 2.45) is 0 Å². The van der Waals surface area contributed by atoms with E-state index in [1.165, 1.54) is 16.3 Å². The van der Waals surface area contributed by atoms with Crippen molar-refractivity contribution in [2.75, 3.05) is 0 Å². The van der Waals surface area contributed by atoms with Crippen LogP contribution in [0.25, 0.3) is 27.4 Å². The molecule has 0 bridgehead atoms. The fourth-order valence-electron chi connectivity index (χ4n) is 4.16. The van der Waals surface area contributed by atoms with Crippen LogP contribution >= 0.6 is 11.8 Å². The minimum Gasteiger partial charge on any atom is -0.268 e. The van der Waals surface area contributed by atoms with Gasteiger partial charge >= 0.3 is 0 Å². The summed E-state index contributed by atoms with van der Waals surface area (Å²) >= 11 is 1.61. The van der Waals surface area contributed by atoms with Gasteiger partial charge in [-0.25, -0.2) is 4.98 Å². The molecule has 32 heavy (non-hydrogen) atoms. The Morgan fingerprint density at radius 1 is 0.812 bits per heavy atom. The average Bonchev–Trinajstić information content (AvgIpc) is 2.83. The van der Waals surface area contributed by atoms with Crippen molar-refractivity contribution in [3.8, 4) is 5.69 Å². The molecule has 158 valence electrons. The molecule has 1 aromatic heterocycles. The molecule has 0 fully saturated rings. The summed E-state index contributed by atoms with van der Waals surface area (Å²) in [5, 5.41) is 3.81. The van der Waals surface area contributed by atoms with Gasteiger partial charge in [0.15, 0.2) is 5.16 Å². The molecule has 0 radical (unpaired) electrons. The zero-order valence-corrected chi connectivity index (χ0v) is 19.0. The fraction of sp³-hybridized carbons (Fsp3) is 0.143. The van der Waals surface area contributed by atoms with Crippen molar-refractivity contribution < 1.29 is 0 Å². The van der Waals surface area contributed by atoms with E-state index in [-0.39, 0.29) is 5.56 Å². The number of para-hydroxylation sites is 2. The largest absolute Gasteiger partial charge is 0.268 e. The maximum Gasteiger partial charge on any atom is 0.266 e. The van der Waals surface area contributed by atoms with Crippen LogP contribution in [0.3, 0.4) is 0 Å². The van der Waals surface area contributed by atoms with Crippen LogP contribution in [0.15, 0.2) is 101 Å². The van der Waals surface area contributed by atoms with Gasteiger partial charge in [-0.3, -0.25) is 9.36 Å². The van der Waals surface area contributed by atoms with Crippen LogP contribution in [0, 0.1) is 0 Å². The highest BCUT2D eigenvalue weighted by Crippen LogP contribution is 2.30. The van der Waals surface area contributed by atoms with E-state index in [4.69, 9.17) is 4.98 Å². The normalized spacial score (nSPS) is 11.5. The number of nitrogens with zero attached hydrogens (tertiary/aromatic N) is 2. The molecule has 3 nitrogen and oxygen atoms in total. The molecule has 4 aromatic carbocycles. The van der Waals surface area contributed by atoms with E-state index in [0.717, 1.165) is 27.7 Å². The Morgan fingerprint density at radius 2 is 1.50 bits per heavy atom. The highest BCUT2D eigenvalue weighted by atomic mass is 32.2. The number of aromatic nitrogens is 2. The van der Waals surface area contributed by atoms with Crippen molar-refractivity contribution in [2.45, 2.75) is 30.7 Å². The first-order valence-corrected chi connectivity index (χ1v) is 11.8. The third-order valence-electron chi connectivity index (χ3n) is 5.78. The Morgan fingerprint density at radius 3 is 2.34 bits per heavy atom. The third kappa shape index (κ3) is 3.71. The lowest BCUT2D eigenvalue weighted by molar-refractivity contribution is 0.780. The first-order valence-electron chi connectivity index (χ1n) is 10.8. The van der Waals surface area contributed by atoms with Gasteiger partial charge in [-0.15, -0.1) is 0 Å². The third-order valence-corrected chi connectivity index (χ3v) is 6.77. The molecule has 0 aliphatic heterocycles. The standard InChI is InChI=1S/C28H24N2OS/c1-19(2)22-13-6-8-17-26(22)30-27(31)24-15-5-7-16-25(24)29-28(30)32-18-21-12-9-11-20-10-3-4-14-23(20)21/h3-17,19H,18H2,1-2H3. The Kier molecular flexibility index (Phi) is 5.54. The lowest BCUT2D eigenvalue weighted by atomic mass is 10.0. The molecule has 4 heteroatoms. The second kappa shape index (κ2) is 8.64. The van der Waals surface area contributed by atoms with E-state index >= 15 is 0 Å². The summed E-state index contributed by atoms with van der Waals surface area (Å²) < 4.78 is 1.80. The highest BCUT2D eigenvalue weighted by molar-refractivity contribution is 7.98. The minimum absolute atomic E-state index is 0.0240. The molecule has 0 aliphatic carbocycles. The summed E-state index contributed by atoms with van der Waals surface area (Å²) in [5.41, 5.74) is 3.99. The molecule has 0 saturated carbocycles. The Bertz CT molecular complexity index is 1480. The zero-order valence-electron chi connectivity index (χ0n) is 18.2. The number of benzene rings is 4. The number of rotatable bonds is 5. The highest BCUT2D eigenvalue weighted by Gasteiger charge is 2.17. The van der Waals surface area contributed by atoms with Crippen molar-refractivity contribution in [1.82, 2.24) is 9.55 Å². The van der Waals surface area contributed by atoms with E-state index in [2.05, 4.69) is 62.4 Å². The molecular formula is C28H24N2OS. The molecule has 0 N–H and O–H groups in total. The monoisotopic (exact) mass is 436 g/mol. The molecule has 0 spiro atoms. The smallest absolute Gasteiger partial charge is 0.266 e. The van der Waals surface area contributed by atoms with Gasteiger partial charge in [-0.1, -0.05) is 98.4 Å². The average molecular weight is 437 g/mol. The second-order valence-electron chi connectivity index (χ2n) is 8.19. The summed E-state index contributed by atoms with van der Waals surface area (Å²) in [7, 11) is 0. The first-order chi connectivity index (χ1) is 15.6. The van der Waals surface area contributed by atoms with Gasteiger partial charge in [0.25, 0.3) is 5.56 Å². The van der Waals surface area contributed by atoms with Gasteiger partial charge in [0, 0.05) is 5.75 Å². The fourth-order valence-corrected chi connectivity index (χ4v) is 5.17. The lowest BCUT2D eigenvalue weighted by Crippen LogP contribution is -2.23. The maximum absolute atomic E-state index is 13.7. The predicted octanol–water partition coefficient (Wildman–Crippen LogP) is 6.95. The SMILES string of the molecule is CC(C)c1ccccc1-n1c(SCc2cccc3ccccc23)nc2ccccc2c1=O. The lowest BCUT2D eigenvalue weighted by Gasteiger charge is -2.18. The molecule has 0 atom stereocenters. The summed E-state index contributed by atoms with van der Waals surface area (Å²) in [5.74, 6) is 1.02. The molecular weight excluding hydrogens is 412 g/mol. The molecule has 0 unspecified atom stereocenters. The van der Waals surface area contributed by atoms with E-state index in [9.17, 15) is 4.79 Å². The van der Waals surface area contributed by atoms with Crippen molar-refractivity contribution in [3.63, 3.8) is 0 Å². The van der Waals surface area contributed by atoms with Crippen LogP contribution in [0.2, 0.25) is 0 Å². The number of hydrogen-bond donors (Lipinski definition) is 0. The van der Waals surface area contributed by atoms with Crippen molar-refractivity contribution >= 4 is 33.4 Å². The molecule has 0 amide bonds. The Balaban J connectivity index is 1.67. The van der Waals surface area contributed by atoms with Gasteiger partial charge < -0.3 is 0 Å². The first kappa shape index (κ1) is 20.5. The number of fused-ring (bicyclic) bond motifs is 2. The number of thioether (sulfide) groups is 1. The summed E-state index contributed by atoms with van der Waals surface area (Å²) in [6.45, 7) is 4.31. The molecule has 0 aliphatic rings. The van der Waals surface area contributed by atoms with Gasteiger partial charge in [0.05, 0.1) is 16.6 Å². The zero-order chi connectivity index (χ0) is 22.1. The molecule has 5 rings (SSSR count). The predicted molar refractivity (Wildman–Crippen MR) is 135 cm³/mol. The van der Waals surface area contributed by atoms with E-state index < -0.39 is 0 Å². The molecule has 5 aromatic rings. The van der Waals surface area contributed by atoms with Crippen LogP contribution in [0.5, 0.6) is 0 Å². The van der Waals surface area contributed by atoms with Gasteiger partial charge in [0.2, 0.25) is 0 Å². The minimum atomic E-state index is -0.0240. The molecule has 0 saturated heterocycles. The van der Waals surface area contributed by atoms with E-state index in [1.54, 1.807) is 16.3 Å². The molecule has 1 heterocycles. The Hall–Kier alpha value is -3.37. The summed E-state index contributed by atoms with van der Waals surface area (Å²) in [6, 6.07) is 30.5. The van der Waals surface area contributed by atoms with E-state index in [0.29, 0.717) is 11.3 Å². The van der Waals surface area contributed by atoms with Crippen LogP contribution in [0.4, 0.5) is 0 Å². The van der Waals surface area contributed by atoms with Gasteiger partial charge in [0.1, 0.15) is 0 Å². The number of hydrogen-bond acceptors (Lipinski definition) is 3.